The summed E-state index contributed by atoms with van der Waals surface area (Å²) in [6, 6.07) is 15.8. The Labute approximate surface area is 154 Å². The third-order valence-electron chi connectivity index (χ3n) is 3.89. The second-order valence-corrected chi connectivity index (χ2v) is 5.95. The van der Waals surface area contributed by atoms with Crippen LogP contribution in [0.3, 0.4) is 0 Å². The maximum absolute atomic E-state index is 12.1. The van der Waals surface area contributed by atoms with Crippen molar-refractivity contribution >= 4 is 22.4 Å². The fraction of sp³-hybridized carbons (Fsp3) is 0.333. The van der Waals surface area contributed by atoms with Crippen molar-refractivity contribution in [3.63, 3.8) is 0 Å². The molecule has 5 nitrogen and oxygen atoms in total. The van der Waals surface area contributed by atoms with Crippen LogP contribution in [0.4, 0.5) is 5.69 Å². The first-order valence-electron chi connectivity index (χ1n) is 8.96. The first-order chi connectivity index (χ1) is 12.7. The smallest absolute Gasteiger partial charge is 0.263 e. The molecule has 0 radical (unpaired) electrons. The van der Waals surface area contributed by atoms with E-state index in [0.29, 0.717) is 13.2 Å². The minimum absolute atomic E-state index is 0.0464. The highest BCUT2D eigenvalue weighted by Crippen LogP contribution is 2.18. The van der Waals surface area contributed by atoms with Gasteiger partial charge in [-0.3, -0.25) is 4.79 Å². The number of hydrogen-bond acceptors (Lipinski definition) is 4. The van der Waals surface area contributed by atoms with Gasteiger partial charge in [-0.05, 0) is 35.7 Å². The van der Waals surface area contributed by atoms with E-state index in [1.807, 2.05) is 48.5 Å². The number of benzene rings is 2. The lowest BCUT2D eigenvalue weighted by Crippen LogP contribution is -2.26. The Kier molecular flexibility index (Phi) is 8.17. The molecule has 0 heterocycles. The predicted octanol–water partition coefficient (Wildman–Crippen LogP) is 3.98. The van der Waals surface area contributed by atoms with Crippen molar-refractivity contribution in [3.05, 3.63) is 54.2 Å². The molecule has 136 valence electrons. The maximum Gasteiger partial charge on any atom is 0.263 e. The number of nitriles is 1. The van der Waals surface area contributed by atoms with Gasteiger partial charge in [0.2, 0.25) is 0 Å². The van der Waals surface area contributed by atoms with Crippen LogP contribution < -0.4 is 10.6 Å². The summed E-state index contributed by atoms with van der Waals surface area (Å²) in [6.07, 6.45) is 4.33. The quantitative estimate of drug-likeness (QED) is 0.386. The summed E-state index contributed by atoms with van der Waals surface area (Å²) in [6.45, 7) is 3.97. The number of carbonyl (C=O) groups excluding carboxylic acids is 1. The normalized spacial score (nSPS) is 11.2. The Morgan fingerprint density at radius 3 is 2.69 bits per heavy atom. The lowest BCUT2D eigenvalue weighted by atomic mass is 10.1. The molecule has 0 aliphatic carbocycles. The average Bonchev–Trinajstić information content (AvgIpc) is 2.67. The molecule has 0 aliphatic heterocycles. The van der Waals surface area contributed by atoms with Crippen molar-refractivity contribution in [1.82, 2.24) is 5.32 Å². The van der Waals surface area contributed by atoms with Crippen molar-refractivity contribution in [1.29, 1.82) is 5.26 Å². The highest BCUT2D eigenvalue weighted by Gasteiger charge is 2.07. The number of ether oxygens (including phenoxy) is 1. The number of hydrogen-bond donors (Lipinski definition) is 2. The topological polar surface area (TPSA) is 74.1 Å². The molecule has 1 amide bonds. The summed E-state index contributed by atoms with van der Waals surface area (Å²) >= 11 is 0. The van der Waals surface area contributed by atoms with Gasteiger partial charge >= 0.3 is 0 Å². The molecule has 2 aromatic carbocycles. The minimum Gasteiger partial charge on any atom is -0.381 e. The zero-order chi connectivity index (χ0) is 18.6. The number of anilines is 1. The molecule has 0 fully saturated rings. The first kappa shape index (κ1) is 19.5. The van der Waals surface area contributed by atoms with Gasteiger partial charge in [0.25, 0.3) is 5.91 Å². The van der Waals surface area contributed by atoms with Crippen LogP contribution in [0.5, 0.6) is 0 Å². The molecule has 0 saturated heterocycles. The third kappa shape index (κ3) is 6.23. The number of amides is 1. The van der Waals surface area contributed by atoms with Gasteiger partial charge in [-0.2, -0.15) is 5.26 Å². The maximum atomic E-state index is 12.1. The highest BCUT2D eigenvalue weighted by atomic mass is 16.5. The Hall–Kier alpha value is -2.84. The largest absolute Gasteiger partial charge is 0.381 e. The van der Waals surface area contributed by atoms with Gasteiger partial charge in [-0.1, -0.05) is 43.7 Å². The molecule has 0 aliphatic rings. The Bertz CT molecular complexity index is 793. The Balaban J connectivity index is 1.82. The van der Waals surface area contributed by atoms with Gasteiger partial charge in [0.1, 0.15) is 11.6 Å². The molecular formula is C21H25N3O2. The number of carbonyl (C=O) groups is 1. The number of unbranched alkanes of at least 4 members (excludes halogenated alkanes) is 1. The van der Waals surface area contributed by atoms with Crippen molar-refractivity contribution in [2.75, 3.05) is 25.1 Å². The molecule has 2 N–H and O–H groups in total. The molecule has 2 rings (SSSR count). The van der Waals surface area contributed by atoms with Crippen LogP contribution in [-0.4, -0.2) is 25.7 Å². The number of fused-ring (bicyclic) bond motifs is 1. The average molecular weight is 351 g/mol. The van der Waals surface area contributed by atoms with Gasteiger partial charge in [0, 0.05) is 31.6 Å². The van der Waals surface area contributed by atoms with E-state index in [0.717, 1.165) is 42.3 Å². The molecule has 0 bridgehead atoms. The van der Waals surface area contributed by atoms with Crippen molar-refractivity contribution in [3.8, 4) is 6.07 Å². The van der Waals surface area contributed by atoms with Crippen molar-refractivity contribution in [2.45, 2.75) is 26.2 Å². The summed E-state index contributed by atoms with van der Waals surface area (Å²) in [7, 11) is 0. The van der Waals surface area contributed by atoms with E-state index < -0.39 is 0 Å². The van der Waals surface area contributed by atoms with Crippen LogP contribution in [0.25, 0.3) is 10.8 Å². The monoisotopic (exact) mass is 351 g/mol. The lowest BCUT2D eigenvalue weighted by molar-refractivity contribution is -0.117. The summed E-state index contributed by atoms with van der Waals surface area (Å²) in [5, 5.41) is 17.2. The van der Waals surface area contributed by atoms with Crippen LogP contribution in [0, 0.1) is 11.3 Å². The van der Waals surface area contributed by atoms with Gasteiger partial charge in [-0.25, -0.2) is 0 Å². The summed E-state index contributed by atoms with van der Waals surface area (Å²) in [5.74, 6) is -0.380. The van der Waals surface area contributed by atoms with E-state index in [-0.39, 0.29) is 11.5 Å². The molecule has 0 unspecified atom stereocenters. The molecule has 0 atom stereocenters. The SMILES string of the molecule is CCCCOCCCNC(=O)/C(C#N)=C\Nc1ccc2ccccc2c1. The predicted molar refractivity (Wildman–Crippen MR) is 105 cm³/mol. The van der Waals surface area contributed by atoms with Crippen molar-refractivity contribution in [2.24, 2.45) is 0 Å². The minimum atomic E-state index is -0.380. The van der Waals surface area contributed by atoms with E-state index in [2.05, 4.69) is 17.6 Å². The third-order valence-corrected chi connectivity index (χ3v) is 3.89. The second-order valence-electron chi connectivity index (χ2n) is 5.95. The highest BCUT2D eigenvalue weighted by molar-refractivity contribution is 5.97. The Morgan fingerprint density at radius 2 is 1.92 bits per heavy atom. The van der Waals surface area contributed by atoms with Gasteiger partial charge < -0.3 is 15.4 Å². The van der Waals surface area contributed by atoms with E-state index in [9.17, 15) is 10.1 Å². The molecule has 2 aromatic rings. The summed E-state index contributed by atoms with van der Waals surface area (Å²) < 4.78 is 5.44. The van der Waals surface area contributed by atoms with Crippen LogP contribution in [0.15, 0.2) is 54.2 Å². The van der Waals surface area contributed by atoms with Crippen molar-refractivity contribution < 1.29 is 9.53 Å². The van der Waals surface area contributed by atoms with Gasteiger partial charge in [0.05, 0.1) is 0 Å². The summed E-state index contributed by atoms with van der Waals surface area (Å²) in [5.41, 5.74) is 0.874. The number of nitrogens with one attached hydrogen (secondary N) is 2. The molecule has 0 aromatic heterocycles. The summed E-state index contributed by atoms with van der Waals surface area (Å²) in [4.78, 5) is 12.1. The zero-order valence-electron chi connectivity index (χ0n) is 15.1. The lowest BCUT2D eigenvalue weighted by Gasteiger charge is -2.07. The van der Waals surface area contributed by atoms with Crippen LogP contribution in [-0.2, 0) is 9.53 Å². The standard InChI is InChI=1S/C21H25N3O2/c1-2-3-12-26-13-6-11-23-21(25)19(15-22)16-24-20-10-9-17-7-4-5-8-18(17)14-20/h4-5,7-10,14,16,24H,2-3,6,11-13H2,1H3,(H,23,25)/b19-16-. The molecule has 26 heavy (non-hydrogen) atoms. The molecule has 5 heteroatoms. The fourth-order valence-electron chi connectivity index (χ4n) is 2.40. The van der Waals surface area contributed by atoms with Crippen LogP contribution in [0.1, 0.15) is 26.2 Å². The van der Waals surface area contributed by atoms with Crippen LogP contribution in [0.2, 0.25) is 0 Å². The fourth-order valence-corrected chi connectivity index (χ4v) is 2.40. The zero-order valence-corrected chi connectivity index (χ0v) is 15.1. The molecule has 0 saturated carbocycles. The molecule has 0 spiro atoms. The van der Waals surface area contributed by atoms with E-state index in [4.69, 9.17) is 4.74 Å². The number of nitrogens with zero attached hydrogens (tertiary/aromatic N) is 1. The van der Waals surface area contributed by atoms with Crippen LogP contribution >= 0.6 is 0 Å². The van der Waals surface area contributed by atoms with Gasteiger partial charge in [-0.15, -0.1) is 0 Å². The molecular weight excluding hydrogens is 326 g/mol. The second kappa shape index (κ2) is 10.9. The van der Waals surface area contributed by atoms with E-state index in [1.165, 1.54) is 6.20 Å². The van der Waals surface area contributed by atoms with Gasteiger partial charge in [0.15, 0.2) is 0 Å². The number of rotatable bonds is 10. The van der Waals surface area contributed by atoms with E-state index in [1.54, 1.807) is 0 Å². The van der Waals surface area contributed by atoms with E-state index >= 15 is 0 Å². The Morgan fingerprint density at radius 1 is 1.15 bits per heavy atom. The first-order valence-corrected chi connectivity index (χ1v) is 8.96.